The van der Waals surface area contributed by atoms with Gasteiger partial charge in [-0.1, -0.05) is 69.0 Å². The molecule has 1 fully saturated rings. The molecule has 0 aliphatic heterocycles. The van der Waals surface area contributed by atoms with Crippen molar-refractivity contribution in [3.63, 3.8) is 0 Å². The van der Waals surface area contributed by atoms with Crippen LogP contribution in [0, 0.1) is 5.92 Å². The Morgan fingerprint density at radius 2 is 1.58 bits per heavy atom. The van der Waals surface area contributed by atoms with Crippen molar-refractivity contribution in [1.82, 2.24) is 0 Å². The Hall–Kier alpha value is -1.08. The fourth-order valence-electron chi connectivity index (χ4n) is 3.20. The molecule has 1 heteroatoms. The number of aliphatic hydroxyl groups is 1. The summed E-state index contributed by atoms with van der Waals surface area (Å²) in [7, 11) is 0. The van der Waals surface area contributed by atoms with Gasteiger partial charge in [-0.25, -0.2) is 0 Å². The quantitative estimate of drug-likeness (QED) is 0.824. The molecule has 0 heterocycles. The number of benzene rings is 1. The van der Waals surface area contributed by atoms with Gasteiger partial charge in [0.05, 0.1) is 5.60 Å². The Morgan fingerprint density at radius 3 is 2.16 bits per heavy atom. The van der Waals surface area contributed by atoms with Gasteiger partial charge in [0.25, 0.3) is 0 Å². The lowest BCUT2D eigenvalue weighted by molar-refractivity contribution is 0.0429. The summed E-state index contributed by atoms with van der Waals surface area (Å²) in [5.41, 5.74) is 1.16. The molecule has 0 saturated heterocycles. The molecule has 1 aliphatic carbocycles. The predicted octanol–water partition coefficient (Wildman–Crippen LogP) is 4.81. The van der Waals surface area contributed by atoms with Gasteiger partial charge in [0.1, 0.15) is 0 Å². The van der Waals surface area contributed by atoms with E-state index in [-0.39, 0.29) is 0 Å². The molecule has 0 bridgehead atoms. The lowest BCUT2D eigenvalue weighted by Gasteiger charge is -2.36. The van der Waals surface area contributed by atoms with Crippen molar-refractivity contribution in [1.29, 1.82) is 0 Å². The molecule has 0 spiro atoms. The highest BCUT2D eigenvalue weighted by Gasteiger charge is 2.34. The molecular formula is C18H26O. The van der Waals surface area contributed by atoms with E-state index in [0.717, 1.165) is 24.0 Å². The molecule has 1 nitrogen and oxygen atoms in total. The van der Waals surface area contributed by atoms with Crippen LogP contribution in [0.1, 0.15) is 57.4 Å². The van der Waals surface area contributed by atoms with E-state index in [1.807, 2.05) is 37.3 Å². The first kappa shape index (κ1) is 14.3. The number of hydrogen-bond donors (Lipinski definition) is 1. The molecule has 1 saturated carbocycles. The van der Waals surface area contributed by atoms with E-state index in [2.05, 4.69) is 6.58 Å². The highest BCUT2D eigenvalue weighted by Crippen LogP contribution is 2.38. The number of rotatable bonds is 3. The third-order valence-electron chi connectivity index (χ3n) is 4.63. The molecule has 104 valence electrons. The van der Waals surface area contributed by atoms with Crippen LogP contribution in [0.3, 0.4) is 0 Å². The molecule has 1 aromatic rings. The molecule has 1 aliphatic rings. The van der Waals surface area contributed by atoms with Crippen LogP contribution in [-0.2, 0) is 0 Å². The van der Waals surface area contributed by atoms with Crippen molar-refractivity contribution in [2.75, 3.05) is 0 Å². The van der Waals surface area contributed by atoms with Crippen LogP contribution in [0.25, 0.3) is 5.57 Å². The van der Waals surface area contributed by atoms with Crippen molar-refractivity contribution >= 4 is 5.57 Å². The Bertz CT molecular complexity index is 397. The lowest BCUT2D eigenvalue weighted by atomic mass is 9.74. The van der Waals surface area contributed by atoms with E-state index in [4.69, 9.17) is 0 Å². The zero-order chi connectivity index (χ0) is 13.7. The molecule has 19 heavy (non-hydrogen) atoms. The molecule has 1 N–H and O–H groups in total. The first-order chi connectivity index (χ1) is 9.12. The first-order valence-corrected chi connectivity index (χ1v) is 7.59. The maximum absolute atomic E-state index is 11.0. The van der Waals surface area contributed by atoms with Crippen molar-refractivity contribution in [3.8, 4) is 0 Å². The SMILES string of the molecule is C=C(c1ccccc1)C(C)(O)C1CCCCCCC1. The van der Waals surface area contributed by atoms with E-state index in [1.165, 1.54) is 32.1 Å². The molecule has 0 aromatic heterocycles. The van der Waals surface area contributed by atoms with Crippen LogP contribution in [0.2, 0.25) is 0 Å². The molecule has 0 amide bonds. The summed E-state index contributed by atoms with van der Waals surface area (Å²) in [5, 5.41) is 11.0. The minimum atomic E-state index is -0.779. The summed E-state index contributed by atoms with van der Waals surface area (Å²) in [4.78, 5) is 0. The van der Waals surface area contributed by atoms with Crippen LogP contribution >= 0.6 is 0 Å². The minimum absolute atomic E-state index is 0.348. The zero-order valence-corrected chi connectivity index (χ0v) is 12.1. The summed E-state index contributed by atoms with van der Waals surface area (Å²) in [6, 6.07) is 10.1. The third-order valence-corrected chi connectivity index (χ3v) is 4.63. The molecule has 1 unspecified atom stereocenters. The van der Waals surface area contributed by atoms with Gasteiger partial charge in [0.15, 0.2) is 0 Å². The van der Waals surface area contributed by atoms with E-state index in [1.54, 1.807) is 0 Å². The second-order valence-electron chi connectivity index (χ2n) is 6.03. The fraction of sp³-hybridized carbons (Fsp3) is 0.556. The topological polar surface area (TPSA) is 20.2 Å². The van der Waals surface area contributed by atoms with Crippen LogP contribution in [0.15, 0.2) is 36.9 Å². The first-order valence-electron chi connectivity index (χ1n) is 7.59. The van der Waals surface area contributed by atoms with Crippen LogP contribution in [0.5, 0.6) is 0 Å². The second-order valence-corrected chi connectivity index (χ2v) is 6.03. The van der Waals surface area contributed by atoms with Gasteiger partial charge in [0.2, 0.25) is 0 Å². The summed E-state index contributed by atoms with van der Waals surface area (Å²) >= 11 is 0. The monoisotopic (exact) mass is 258 g/mol. The summed E-state index contributed by atoms with van der Waals surface area (Å²) in [6.07, 6.45) is 8.70. The third kappa shape index (κ3) is 3.48. The Kier molecular flexibility index (Phi) is 4.81. The van der Waals surface area contributed by atoms with Crippen molar-refractivity contribution in [3.05, 3.63) is 42.5 Å². The highest BCUT2D eigenvalue weighted by atomic mass is 16.3. The largest absolute Gasteiger partial charge is 0.385 e. The average Bonchev–Trinajstić information content (AvgIpc) is 2.38. The van der Waals surface area contributed by atoms with E-state index < -0.39 is 5.60 Å². The Morgan fingerprint density at radius 1 is 1.05 bits per heavy atom. The van der Waals surface area contributed by atoms with E-state index in [9.17, 15) is 5.11 Å². The van der Waals surface area contributed by atoms with Gasteiger partial charge < -0.3 is 5.11 Å². The van der Waals surface area contributed by atoms with Crippen molar-refractivity contribution < 1.29 is 5.11 Å². The van der Waals surface area contributed by atoms with Gasteiger partial charge in [-0.05, 0) is 36.8 Å². The minimum Gasteiger partial charge on any atom is -0.385 e. The standard InChI is InChI=1S/C18H26O/c1-15(16-11-7-6-8-12-16)18(2,19)17-13-9-4-3-5-10-14-17/h6-8,11-12,17,19H,1,3-5,9-10,13-14H2,2H3. The summed E-state index contributed by atoms with van der Waals surface area (Å²) in [6.45, 7) is 6.13. The van der Waals surface area contributed by atoms with Crippen LogP contribution in [0.4, 0.5) is 0 Å². The normalized spacial score (nSPS) is 21.2. The fourth-order valence-corrected chi connectivity index (χ4v) is 3.20. The van der Waals surface area contributed by atoms with Crippen LogP contribution < -0.4 is 0 Å². The van der Waals surface area contributed by atoms with Gasteiger partial charge in [-0.15, -0.1) is 0 Å². The maximum atomic E-state index is 11.0. The second kappa shape index (κ2) is 6.38. The molecule has 2 rings (SSSR count). The Labute approximate surface area is 117 Å². The van der Waals surface area contributed by atoms with Gasteiger partial charge in [-0.2, -0.15) is 0 Å². The van der Waals surface area contributed by atoms with E-state index in [0.29, 0.717) is 5.92 Å². The van der Waals surface area contributed by atoms with Crippen molar-refractivity contribution in [2.24, 2.45) is 5.92 Å². The van der Waals surface area contributed by atoms with E-state index >= 15 is 0 Å². The van der Waals surface area contributed by atoms with Gasteiger partial charge >= 0.3 is 0 Å². The van der Waals surface area contributed by atoms with Crippen LogP contribution in [-0.4, -0.2) is 10.7 Å². The molecule has 1 aromatic carbocycles. The summed E-state index contributed by atoms with van der Waals surface area (Å²) < 4.78 is 0. The smallest absolute Gasteiger partial charge is 0.0896 e. The molecular weight excluding hydrogens is 232 g/mol. The average molecular weight is 258 g/mol. The maximum Gasteiger partial charge on any atom is 0.0896 e. The molecule has 0 radical (unpaired) electrons. The summed E-state index contributed by atoms with van der Waals surface area (Å²) in [5.74, 6) is 0.348. The van der Waals surface area contributed by atoms with Gasteiger partial charge in [-0.3, -0.25) is 0 Å². The molecule has 1 atom stereocenters. The predicted molar refractivity (Wildman–Crippen MR) is 81.9 cm³/mol. The highest BCUT2D eigenvalue weighted by molar-refractivity contribution is 5.69. The lowest BCUT2D eigenvalue weighted by Crippen LogP contribution is -2.36. The van der Waals surface area contributed by atoms with Gasteiger partial charge in [0, 0.05) is 0 Å². The zero-order valence-electron chi connectivity index (χ0n) is 12.1. The van der Waals surface area contributed by atoms with Crippen molar-refractivity contribution in [2.45, 2.75) is 57.5 Å². The number of hydrogen-bond acceptors (Lipinski definition) is 1. The Balaban J connectivity index is 2.13.